The molecule has 0 radical (unpaired) electrons. The fourth-order valence-electron chi connectivity index (χ4n) is 4.78. The summed E-state index contributed by atoms with van der Waals surface area (Å²) in [7, 11) is 3.67. The molecule has 2 aromatic carbocycles. The first-order valence-electron chi connectivity index (χ1n) is 12.7. The third-order valence-corrected chi connectivity index (χ3v) is 8.20. The Morgan fingerprint density at radius 3 is 2.88 bits per heavy atom. The normalized spacial score (nSPS) is 15.6. The Hall–Kier alpha value is -3.61. The highest BCUT2D eigenvalue weighted by Crippen LogP contribution is 2.42. The number of anilines is 2. The molecule has 2 aromatic heterocycles. The van der Waals surface area contributed by atoms with Crippen molar-refractivity contribution >= 4 is 60.9 Å². The summed E-state index contributed by atoms with van der Waals surface area (Å²) in [6.45, 7) is 5.46. The number of halogens is 3. The molecule has 13 heteroatoms. The van der Waals surface area contributed by atoms with Gasteiger partial charge in [0, 0.05) is 42.7 Å². The topological polar surface area (TPSA) is 110 Å². The molecule has 1 saturated heterocycles. The summed E-state index contributed by atoms with van der Waals surface area (Å²) in [6, 6.07) is 4.40. The fraction of sp³-hybridized carbons (Fsp3) is 0.333. The minimum Gasteiger partial charge on any atom is -0.462 e. The van der Waals surface area contributed by atoms with Crippen LogP contribution in [0.1, 0.15) is 12.8 Å². The van der Waals surface area contributed by atoms with Crippen molar-refractivity contribution in [1.29, 1.82) is 0 Å². The second-order valence-corrected chi connectivity index (χ2v) is 11.0. The molecule has 1 amide bonds. The summed E-state index contributed by atoms with van der Waals surface area (Å²) in [5.74, 6) is -1.17. The molecular formula is C27H28ClF2N7O2S. The molecule has 1 aliphatic rings. The van der Waals surface area contributed by atoms with Crippen LogP contribution in [-0.2, 0) is 4.79 Å². The average Bonchev–Trinajstić information content (AvgIpc) is 3.53. The van der Waals surface area contributed by atoms with Gasteiger partial charge in [-0.2, -0.15) is 9.97 Å². The molecule has 0 aliphatic carbocycles. The van der Waals surface area contributed by atoms with Crippen LogP contribution in [0.15, 0.2) is 30.9 Å². The number of nitrogens with zero attached hydrogens (tertiary/aromatic N) is 5. The summed E-state index contributed by atoms with van der Waals surface area (Å²) in [5.41, 5.74) is 6.34. The quantitative estimate of drug-likeness (QED) is 0.265. The maximum absolute atomic E-state index is 16.3. The molecule has 1 fully saturated rings. The van der Waals surface area contributed by atoms with E-state index in [1.54, 1.807) is 13.1 Å². The lowest BCUT2D eigenvalue weighted by atomic mass is 10.0. The van der Waals surface area contributed by atoms with Gasteiger partial charge in [-0.15, -0.1) is 0 Å². The zero-order valence-corrected chi connectivity index (χ0v) is 23.6. The number of nitrogen functional groups attached to an aromatic ring is 1. The molecule has 0 unspecified atom stereocenters. The third kappa shape index (κ3) is 5.38. The Labute approximate surface area is 238 Å². The lowest BCUT2D eigenvalue weighted by molar-refractivity contribution is -0.124. The van der Waals surface area contributed by atoms with Gasteiger partial charge in [-0.3, -0.25) is 4.79 Å². The summed E-state index contributed by atoms with van der Waals surface area (Å²) in [4.78, 5) is 28.7. The molecule has 3 heterocycles. The van der Waals surface area contributed by atoms with Gasteiger partial charge in [0.05, 0.1) is 15.2 Å². The second kappa shape index (κ2) is 11.5. The van der Waals surface area contributed by atoms with E-state index in [-0.39, 0.29) is 49.4 Å². The predicted molar refractivity (Wildman–Crippen MR) is 155 cm³/mol. The molecule has 210 valence electrons. The number of carbonyl (C=O) groups is 1. The molecule has 4 aromatic rings. The van der Waals surface area contributed by atoms with Crippen molar-refractivity contribution < 1.29 is 18.3 Å². The average molecular weight is 588 g/mol. The Kier molecular flexibility index (Phi) is 8.02. The number of hydrogen-bond acceptors (Lipinski definition) is 9. The zero-order chi connectivity index (χ0) is 28.6. The number of likely N-dealkylation sites (tertiary alicyclic amines) is 1. The molecule has 3 N–H and O–H groups in total. The van der Waals surface area contributed by atoms with E-state index in [1.807, 2.05) is 7.05 Å². The summed E-state index contributed by atoms with van der Waals surface area (Å²) >= 11 is 7.61. The van der Waals surface area contributed by atoms with E-state index in [0.717, 1.165) is 30.7 Å². The van der Waals surface area contributed by atoms with Crippen LogP contribution < -0.4 is 15.8 Å². The van der Waals surface area contributed by atoms with Gasteiger partial charge in [0.15, 0.2) is 10.9 Å². The highest BCUT2D eigenvalue weighted by Gasteiger charge is 2.25. The van der Waals surface area contributed by atoms with Gasteiger partial charge in [-0.1, -0.05) is 29.5 Å². The van der Waals surface area contributed by atoms with Crippen molar-refractivity contribution in [1.82, 2.24) is 24.8 Å². The van der Waals surface area contributed by atoms with Gasteiger partial charge in [-0.05, 0) is 50.7 Å². The van der Waals surface area contributed by atoms with Crippen LogP contribution in [0.5, 0.6) is 6.01 Å². The minimum atomic E-state index is -0.728. The Balaban J connectivity index is 1.58. The predicted octanol–water partition coefficient (Wildman–Crippen LogP) is 4.95. The van der Waals surface area contributed by atoms with Crippen LogP contribution in [0.25, 0.3) is 32.2 Å². The number of benzene rings is 2. The number of carbonyl (C=O) groups excluding carboxylic acids is 1. The van der Waals surface area contributed by atoms with Crippen LogP contribution in [-0.4, -0.2) is 77.0 Å². The number of nitrogens with one attached hydrogen (secondary N) is 1. The molecule has 1 atom stereocenters. The number of nitrogens with two attached hydrogens (primary N) is 1. The van der Waals surface area contributed by atoms with E-state index < -0.39 is 11.6 Å². The second-order valence-electron chi connectivity index (χ2n) is 9.60. The maximum atomic E-state index is 16.3. The van der Waals surface area contributed by atoms with E-state index in [2.05, 4.69) is 31.7 Å². The van der Waals surface area contributed by atoms with Crippen molar-refractivity contribution in [2.45, 2.75) is 18.9 Å². The molecule has 5 rings (SSSR count). The molecule has 0 spiro atoms. The van der Waals surface area contributed by atoms with Crippen LogP contribution >= 0.6 is 22.9 Å². The van der Waals surface area contributed by atoms with Gasteiger partial charge >= 0.3 is 6.01 Å². The Bertz CT molecular complexity index is 1620. The van der Waals surface area contributed by atoms with Crippen LogP contribution in [0.4, 0.5) is 19.7 Å². The fourth-order valence-corrected chi connectivity index (χ4v) is 5.84. The van der Waals surface area contributed by atoms with Crippen molar-refractivity contribution in [2.75, 3.05) is 51.4 Å². The van der Waals surface area contributed by atoms with E-state index in [1.165, 1.54) is 23.1 Å². The molecule has 1 aliphatic heterocycles. The van der Waals surface area contributed by atoms with Gasteiger partial charge in [0.2, 0.25) is 5.91 Å². The standard InChI is InChI=1S/C27H28ClF2N7O2S/c1-4-19(38)37(3)11-9-32-25-16-12-17(28)20(15-7-8-18(29)24-23(15)33-26(31)40-24)21(30)22(16)34-27(35-25)39-13-14-6-5-10-36(14)2/h4,7-8,12,14H,1,5-6,9-11,13H2,2-3H3,(H2,31,33)(H,32,34,35)/t14-/m0/s1. The number of ether oxygens (including phenoxy) is 1. The number of likely N-dealkylation sites (N-methyl/N-ethyl adjacent to an activating group) is 2. The van der Waals surface area contributed by atoms with Crippen molar-refractivity contribution in [3.05, 3.63) is 47.5 Å². The molecule has 0 saturated carbocycles. The molecule has 9 nitrogen and oxygen atoms in total. The largest absolute Gasteiger partial charge is 0.462 e. The monoisotopic (exact) mass is 587 g/mol. The van der Waals surface area contributed by atoms with E-state index in [4.69, 9.17) is 22.1 Å². The first-order valence-corrected chi connectivity index (χ1v) is 13.9. The van der Waals surface area contributed by atoms with Crippen molar-refractivity contribution in [3.63, 3.8) is 0 Å². The maximum Gasteiger partial charge on any atom is 0.319 e. The van der Waals surface area contributed by atoms with Gasteiger partial charge < -0.3 is 25.6 Å². The smallest absolute Gasteiger partial charge is 0.319 e. The van der Waals surface area contributed by atoms with E-state index in [0.29, 0.717) is 36.5 Å². The first-order chi connectivity index (χ1) is 19.2. The van der Waals surface area contributed by atoms with Crippen LogP contribution in [0, 0.1) is 11.6 Å². The van der Waals surface area contributed by atoms with E-state index >= 15 is 4.39 Å². The first kappa shape index (κ1) is 27.9. The lowest BCUT2D eigenvalue weighted by Crippen LogP contribution is -2.31. The summed E-state index contributed by atoms with van der Waals surface area (Å²) < 4.78 is 37.0. The molecular weight excluding hydrogens is 560 g/mol. The van der Waals surface area contributed by atoms with Gasteiger partial charge in [0.1, 0.15) is 23.8 Å². The number of rotatable bonds is 9. The Morgan fingerprint density at radius 1 is 1.35 bits per heavy atom. The number of thiazole rings is 1. The third-order valence-electron chi connectivity index (χ3n) is 7.01. The molecule has 0 bridgehead atoms. The van der Waals surface area contributed by atoms with Crippen LogP contribution in [0.2, 0.25) is 5.02 Å². The van der Waals surface area contributed by atoms with E-state index in [9.17, 15) is 9.18 Å². The van der Waals surface area contributed by atoms with Gasteiger partial charge in [0.25, 0.3) is 0 Å². The SMILES string of the molecule is C=CC(=O)N(C)CCNc1nc(OC[C@@H]2CCCN2C)nc2c(F)c(-c3ccc(F)c4sc(N)nc34)c(Cl)cc12. The lowest BCUT2D eigenvalue weighted by Gasteiger charge is -2.20. The van der Waals surface area contributed by atoms with Crippen molar-refractivity contribution in [3.8, 4) is 17.1 Å². The Morgan fingerprint density at radius 2 is 2.15 bits per heavy atom. The summed E-state index contributed by atoms with van der Waals surface area (Å²) in [6.07, 6.45) is 3.27. The number of hydrogen-bond donors (Lipinski definition) is 2. The van der Waals surface area contributed by atoms with Crippen LogP contribution in [0.3, 0.4) is 0 Å². The van der Waals surface area contributed by atoms with Crippen molar-refractivity contribution in [2.24, 2.45) is 0 Å². The highest BCUT2D eigenvalue weighted by molar-refractivity contribution is 7.22. The number of fused-ring (bicyclic) bond motifs is 2. The number of aromatic nitrogens is 3. The minimum absolute atomic E-state index is 0.000140. The highest BCUT2D eigenvalue weighted by atomic mass is 35.5. The zero-order valence-electron chi connectivity index (χ0n) is 22.0. The van der Waals surface area contributed by atoms with Gasteiger partial charge in [-0.25, -0.2) is 13.8 Å². The molecule has 40 heavy (non-hydrogen) atoms. The number of amides is 1. The summed E-state index contributed by atoms with van der Waals surface area (Å²) in [5, 5.41) is 3.70.